The molecule has 1 saturated carbocycles. The fraction of sp³-hybridized carbons (Fsp3) is 0.579. The van der Waals surface area contributed by atoms with Crippen molar-refractivity contribution in [2.45, 2.75) is 50.2 Å². The van der Waals surface area contributed by atoms with Crippen LogP contribution in [0.3, 0.4) is 0 Å². The number of benzene rings is 1. The Kier molecular flexibility index (Phi) is 3.83. The summed E-state index contributed by atoms with van der Waals surface area (Å²) in [7, 11) is 0. The molecule has 2 heteroatoms. The molecule has 3 atom stereocenters. The van der Waals surface area contributed by atoms with Crippen molar-refractivity contribution in [2.24, 2.45) is 5.92 Å². The van der Waals surface area contributed by atoms with Crippen LogP contribution in [0, 0.1) is 5.92 Å². The molecule has 1 heterocycles. The van der Waals surface area contributed by atoms with E-state index in [0.717, 1.165) is 24.5 Å². The predicted molar refractivity (Wildman–Crippen MR) is 87.2 cm³/mol. The Balaban J connectivity index is 1.56. The van der Waals surface area contributed by atoms with Crippen LogP contribution >= 0.6 is 0 Å². The van der Waals surface area contributed by atoms with E-state index >= 15 is 0 Å². The summed E-state index contributed by atoms with van der Waals surface area (Å²) in [5.74, 6) is 0.948. The normalized spacial score (nSPS) is 34.0. The zero-order valence-electron chi connectivity index (χ0n) is 12.7. The molecule has 4 rings (SSSR count). The number of hydrogen-bond donors (Lipinski definition) is 1. The maximum atomic E-state index is 3.84. The Morgan fingerprint density at radius 1 is 1.00 bits per heavy atom. The minimum absolute atomic E-state index is 0.553. The minimum atomic E-state index is 0.553. The van der Waals surface area contributed by atoms with Crippen molar-refractivity contribution in [3.05, 3.63) is 48.0 Å². The molecular formula is C19H26N2. The van der Waals surface area contributed by atoms with Crippen LogP contribution in [0.25, 0.3) is 0 Å². The average molecular weight is 282 g/mol. The number of nitrogens with one attached hydrogen (secondary N) is 1. The lowest BCUT2D eigenvalue weighted by molar-refractivity contribution is 0.0701. The summed E-state index contributed by atoms with van der Waals surface area (Å²) in [6.45, 7) is 2.36. The third-order valence-electron chi connectivity index (χ3n) is 5.47. The fourth-order valence-electron chi connectivity index (χ4n) is 4.08. The van der Waals surface area contributed by atoms with Crippen LogP contribution in [0.1, 0.15) is 43.7 Å². The lowest BCUT2D eigenvalue weighted by Gasteiger charge is -2.45. The Bertz CT molecular complexity index is 492. The highest BCUT2D eigenvalue weighted by Gasteiger charge is 2.39. The van der Waals surface area contributed by atoms with Gasteiger partial charge in [0.2, 0.25) is 0 Å². The molecule has 1 aliphatic heterocycles. The number of nitrogens with zero attached hydrogens (tertiary/aromatic N) is 1. The highest BCUT2D eigenvalue weighted by Crippen LogP contribution is 2.38. The molecule has 1 aromatic rings. The van der Waals surface area contributed by atoms with Gasteiger partial charge >= 0.3 is 0 Å². The average Bonchev–Trinajstić information content (AvgIpc) is 3.41. The van der Waals surface area contributed by atoms with Crippen molar-refractivity contribution in [1.82, 2.24) is 10.2 Å². The van der Waals surface area contributed by atoms with Gasteiger partial charge in [0, 0.05) is 31.2 Å². The van der Waals surface area contributed by atoms with E-state index in [1.54, 1.807) is 0 Å². The largest absolute Gasteiger partial charge is 0.311 e. The van der Waals surface area contributed by atoms with Crippen LogP contribution in [0.4, 0.5) is 0 Å². The molecule has 1 saturated heterocycles. The highest BCUT2D eigenvalue weighted by molar-refractivity contribution is 5.21. The lowest BCUT2D eigenvalue weighted by atomic mass is 9.92. The Morgan fingerprint density at radius 3 is 2.57 bits per heavy atom. The van der Waals surface area contributed by atoms with Crippen LogP contribution < -0.4 is 5.32 Å². The summed E-state index contributed by atoms with van der Waals surface area (Å²) in [6.07, 6.45) is 11.4. The van der Waals surface area contributed by atoms with Gasteiger partial charge in [-0.1, -0.05) is 42.5 Å². The molecular weight excluding hydrogens is 256 g/mol. The maximum absolute atomic E-state index is 3.84. The van der Waals surface area contributed by atoms with E-state index in [1.807, 2.05) is 0 Å². The molecule has 0 radical (unpaired) electrons. The van der Waals surface area contributed by atoms with Crippen molar-refractivity contribution in [3.8, 4) is 0 Å². The first-order valence-electron chi connectivity index (χ1n) is 8.61. The monoisotopic (exact) mass is 282 g/mol. The van der Waals surface area contributed by atoms with Gasteiger partial charge in [-0.05, 0) is 43.6 Å². The van der Waals surface area contributed by atoms with E-state index < -0.39 is 0 Å². The smallest absolute Gasteiger partial charge is 0.0476 e. The minimum Gasteiger partial charge on any atom is -0.311 e. The molecule has 1 aromatic carbocycles. The van der Waals surface area contributed by atoms with Gasteiger partial charge in [0.05, 0.1) is 0 Å². The Labute approximate surface area is 128 Å². The van der Waals surface area contributed by atoms with Gasteiger partial charge in [0.25, 0.3) is 0 Å². The number of hydrogen-bond acceptors (Lipinski definition) is 2. The van der Waals surface area contributed by atoms with Gasteiger partial charge in [-0.3, -0.25) is 4.90 Å². The quantitative estimate of drug-likeness (QED) is 0.853. The Morgan fingerprint density at radius 2 is 1.86 bits per heavy atom. The third-order valence-corrected chi connectivity index (χ3v) is 5.47. The maximum Gasteiger partial charge on any atom is 0.0476 e. The van der Waals surface area contributed by atoms with Crippen molar-refractivity contribution in [1.29, 1.82) is 0 Å². The predicted octanol–water partition coefficient (Wildman–Crippen LogP) is 3.52. The third kappa shape index (κ3) is 2.93. The SMILES string of the molecule is C1=CCC(N2CC(C3CC3)NCC2c2ccccc2)CC1. The van der Waals surface area contributed by atoms with Gasteiger partial charge in [-0.15, -0.1) is 0 Å². The van der Waals surface area contributed by atoms with Gasteiger partial charge < -0.3 is 5.32 Å². The van der Waals surface area contributed by atoms with E-state index in [4.69, 9.17) is 0 Å². The number of allylic oxidation sites excluding steroid dienone is 1. The highest BCUT2D eigenvalue weighted by atomic mass is 15.3. The molecule has 0 aromatic heterocycles. The van der Waals surface area contributed by atoms with Crippen molar-refractivity contribution in [2.75, 3.05) is 13.1 Å². The van der Waals surface area contributed by atoms with Gasteiger partial charge in [-0.2, -0.15) is 0 Å². The molecule has 0 amide bonds. The van der Waals surface area contributed by atoms with Gasteiger partial charge in [0.1, 0.15) is 0 Å². The molecule has 3 unspecified atom stereocenters. The van der Waals surface area contributed by atoms with Crippen LogP contribution in [-0.4, -0.2) is 30.1 Å². The summed E-state index contributed by atoms with van der Waals surface area (Å²) >= 11 is 0. The molecule has 2 fully saturated rings. The first-order chi connectivity index (χ1) is 10.4. The molecule has 0 spiro atoms. The molecule has 21 heavy (non-hydrogen) atoms. The van der Waals surface area contributed by atoms with Crippen molar-refractivity contribution < 1.29 is 0 Å². The van der Waals surface area contributed by atoms with Crippen molar-refractivity contribution >= 4 is 0 Å². The first kappa shape index (κ1) is 13.5. The van der Waals surface area contributed by atoms with Gasteiger partial charge in [-0.25, -0.2) is 0 Å². The second kappa shape index (κ2) is 5.94. The standard InChI is InChI=1S/C19H26N2/c1-3-7-16(8-4-1)19-13-20-18(15-11-12-15)14-21(19)17-9-5-2-6-10-17/h1-5,7-8,15,17-20H,6,9-14H2. The topological polar surface area (TPSA) is 15.3 Å². The second-order valence-electron chi connectivity index (χ2n) is 6.91. The Hall–Kier alpha value is -1.12. The first-order valence-corrected chi connectivity index (χ1v) is 8.61. The van der Waals surface area contributed by atoms with E-state index in [2.05, 4.69) is 52.7 Å². The van der Waals surface area contributed by atoms with Crippen LogP contribution in [0.2, 0.25) is 0 Å². The van der Waals surface area contributed by atoms with E-state index in [-0.39, 0.29) is 0 Å². The summed E-state index contributed by atoms with van der Waals surface area (Å²) < 4.78 is 0. The summed E-state index contributed by atoms with van der Waals surface area (Å²) in [5, 5.41) is 3.84. The van der Waals surface area contributed by atoms with Crippen LogP contribution in [0.15, 0.2) is 42.5 Å². The van der Waals surface area contributed by atoms with Crippen molar-refractivity contribution in [3.63, 3.8) is 0 Å². The summed E-state index contributed by atoms with van der Waals surface area (Å²) in [4.78, 5) is 2.82. The molecule has 1 N–H and O–H groups in total. The lowest BCUT2D eigenvalue weighted by Crippen LogP contribution is -2.56. The summed E-state index contributed by atoms with van der Waals surface area (Å²) in [6, 6.07) is 13.1. The fourth-order valence-corrected chi connectivity index (χ4v) is 4.08. The van der Waals surface area contributed by atoms with E-state index in [9.17, 15) is 0 Å². The zero-order chi connectivity index (χ0) is 14.1. The number of rotatable bonds is 3. The summed E-state index contributed by atoms with van der Waals surface area (Å²) in [5.41, 5.74) is 1.48. The molecule has 2 nitrogen and oxygen atoms in total. The van der Waals surface area contributed by atoms with E-state index in [0.29, 0.717) is 6.04 Å². The second-order valence-corrected chi connectivity index (χ2v) is 6.91. The zero-order valence-corrected chi connectivity index (χ0v) is 12.7. The molecule has 112 valence electrons. The van der Waals surface area contributed by atoms with Gasteiger partial charge in [0.15, 0.2) is 0 Å². The van der Waals surface area contributed by atoms with Crippen LogP contribution in [0.5, 0.6) is 0 Å². The molecule has 3 aliphatic rings. The number of piperazine rings is 1. The molecule has 2 aliphatic carbocycles. The van der Waals surface area contributed by atoms with Crippen LogP contribution in [-0.2, 0) is 0 Å². The van der Waals surface area contributed by atoms with E-state index in [1.165, 1.54) is 44.2 Å². The molecule has 0 bridgehead atoms.